The lowest BCUT2D eigenvalue weighted by Gasteiger charge is -2.19. The van der Waals surface area contributed by atoms with E-state index in [4.69, 9.17) is 11.6 Å². The van der Waals surface area contributed by atoms with Crippen LogP contribution in [0.1, 0.15) is 11.3 Å². The van der Waals surface area contributed by atoms with E-state index in [-0.39, 0.29) is 5.91 Å². The number of benzene rings is 2. The topological polar surface area (TPSA) is 46.1 Å². The summed E-state index contributed by atoms with van der Waals surface area (Å²) in [7, 11) is 0. The predicted molar refractivity (Wildman–Crippen MR) is 122 cm³/mol. The molecule has 0 radical (unpaired) electrons. The van der Waals surface area contributed by atoms with Crippen LogP contribution in [0.15, 0.2) is 71.8 Å². The van der Waals surface area contributed by atoms with Crippen molar-refractivity contribution in [2.45, 2.75) is 17.9 Å². The highest BCUT2D eigenvalue weighted by Gasteiger charge is 2.21. The van der Waals surface area contributed by atoms with Gasteiger partial charge in [-0.2, -0.15) is 0 Å². The quantitative estimate of drug-likeness (QED) is 0.354. The van der Waals surface area contributed by atoms with Gasteiger partial charge in [0, 0.05) is 11.1 Å². The Hall–Kier alpha value is -2.41. The summed E-state index contributed by atoms with van der Waals surface area (Å²) in [5, 5.41) is 1.22. The molecule has 0 aliphatic rings. The Kier molecular flexibility index (Phi) is 6.13. The first-order chi connectivity index (χ1) is 14.1. The molecule has 0 atom stereocenters. The van der Waals surface area contributed by atoms with Gasteiger partial charge in [0.1, 0.15) is 5.52 Å². The molecule has 0 fully saturated rings. The molecule has 2 heterocycles. The molecule has 0 spiro atoms. The maximum atomic E-state index is 13.3. The fourth-order valence-electron chi connectivity index (χ4n) is 2.95. The molecule has 146 valence electrons. The van der Waals surface area contributed by atoms with Gasteiger partial charge in [0.25, 0.3) is 0 Å². The van der Waals surface area contributed by atoms with E-state index in [0.29, 0.717) is 23.1 Å². The number of carbonyl (C=O) groups excluding carboxylic acids is 1. The lowest BCUT2D eigenvalue weighted by Crippen LogP contribution is -2.32. The van der Waals surface area contributed by atoms with Crippen molar-refractivity contribution in [2.75, 3.05) is 11.2 Å². The van der Waals surface area contributed by atoms with Crippen molar-refractivity contribution in [2.24, 2.45) is 0 Å². The number of halogens is 1. The maximum Gasteiger partial charge on any atom is 0.233 e. The summed E-state index contributed by atoms with van der Waals surface area (Å²) < 4.78 is 0.954. The molecule has 0 saturated heterocycles. The second-order valence-corrected chi connectivity index (χ2v) is 8.70. The highest BCUT2D eigenvalue weighted by Crippen LogP contribution is 2.33. The number of thiazole rings is 1. The number of nitrogens with zero attached hydrogens (tertiary/aromatic N) is 3. The smallest absolute Gasteiger partial charge is 0.233 e. The van der Waals surface area contributed by atoms with Gasteiger partial charge in [0.15, 0.2) is 5.13 Å². The van der Waals surface area contributed by atoms with E-state index in [1.54, 1.807) is 22.9 Å². The normalized spacial score (nSPS) is 11.0. The zero-order valence-corrected chi connectivity index (χ0v) is 18.1. The lowest BCUT2D eigenvalue weighted by molar-refractivity contribution is -0.118. The molecule has 4 nitrogen and oxygen atoms in total. The van der Waals surface area contributed by atoms with E-state index in [2.05, 4.69) is 9.97 Å². The van der Waals surface area contributed by atoms with E-state index < -0.39 is 0 Å². The highest BCUT2D eigenvalue weighted by molar-refractivity contribution is 7.98. The molecule has 0 bridgehead atoms. The van der Waals surface area contributed by atoms with Crippen LogP contribution in [-0.2, 0) is 17.8 Å². The molecule has 0 unspecified atom stereocenters. The molecular formula is C22H18ClN3OS2. The molecule has 0 saturated carbocycles. The number of aromatic nitrogens is 2. The van der Waals surface area contributed by atoms with Gasteiger partial charge in [-0.15, -0.1) is 11.8 Å². The van der Waals surface area contributed by atoms with Crippen molar-refractivity contribution in [1.29, 1.82) is 0 Å². The minimum Gasteiger partial charge on any atom is -0.282 e. The minimum atomic E-state index is -0.0252. The van der Waals surface area contributed by atoms with Gasteiger partial charge in [0.05, 0.1) is 28.4 Å². The van der Waals surface area contributed by atoms with Crippen LogP contribution in [-0.4, -0.2) is 22.1 Å². The molecule has 0 aliphatic heterocycles. The first-order valence-electron chi connectivity index (χ1n) is 9.02. The molecule has 0 aliphatic carbocycles. The number of thioether (sulfide) groups is 1. The van der Waals surface area contributed by atoms with E-state index >= 15 is 0 Å². The fraction of sp³-hybridized carbons (Fsp3) is 0.136. The van der Waals surface area contributed by atoms with Crippen LogP contribution in [0.2, 0.25) is 5.02 Å². The molecule has 4 rings (SSSR count). The summed E-state index contributed by atoms with van der Waals surface area (Å²) in [6.07, 6.45) is 4.06. The van der Waals surface area contributed by atoms with Crippen molar-refractivity contribution in [3.63, 3.8) is 0 Å². The van der Waals surface area contributed by atoms with Crippen molar-refractivity contribution in [3.8, 4) is 0 Å². The van der Waals surface area contributed by atoms with Crippen LogP contribution in [0, 0.1) is 0 Å². The summed E-state index contributed by atoms with van der Waals surface area (Å²) in [5.74, 6) is -0.0252. The summed E-state index contributed by atoms with van der Waals surface area (Å²) in [5.41, 5.74) is 2.50. The predicted octanol–water partition coefficient (Wildman–Crippen LogP) is 5.84. The Bertz CT molecular complexity index is 1130. The van der Waals surface area contributed by atoms with Crippen molar-refractivity contribution < 1.29 is 4.79 Å². The van der Waals surface area contributed by atoms with Crippen LogP contribution in [0.4, 0.5) is 5.13 Å². The first-order valence-corrected chi connectivity index (χ1v) is 11.4. The number of amides is 1. The maximum absolute atomic E-state index is 13.3. The lowest BCUT2D eigenvalue weighted by atomic mass is 10.1. The Morgan fingerprint density at radius 2 is 1.93 bits per heavy atom. The van der Waals surface area contributed by atoms with Gasteiger partial charge in [-0.05, 0) is 48.2 Å². The second kappa shape index (κ2) is 8.95. The Labute approximate surface area is 182 Å². The summed E-state index contributed by atoms with van der Waals surface area (Å²) >= 11 is 9.44. The zero-order chi connectivity index (χ0) is 20.2. The van der Waals surface area contributed by atoms with E-state index in [0.717, 1.165) is 21.5 Å². The number of carbonyl (C=O) groups is 1. The van der Waals surface area contributed by atoms with Crippen LogP contribution >= 0.6 is 34.7 Å². The molecular weight excluding hydrogens is 422 g/mol. The van der Waals surface area contributed by atoms with Crippen molar-refractivity contribution >= 4 is 56.0 Å². The summed E-state index contributed by atoms with van der Waals surface area (Å²) in [6.45, 7) is 0.361. The monoisotopic (exact) mass is 439 g/mol. The second-order valence-electron chi connectivity index (χ2n) is 6.41. The number of hydrogen-bond acceptors (Lipinski definition) is 5. The van der Waals surface area contributed by atoms with Gasteiger partial charge in [0.2, 0.25) is 5.91 Å². The molecule has 2 aromatic heterocycles. The zero-order valence-electron chi connectivity index (χ0n) is 15.7. The van der Waals surface area contributed by atoms with Crippen LogP contribution in [0.3, 0.4) is 0 Å². The third-order valence-electron chi connectivity index (χ3n) is 4.45. The standard InChI is InChI=1S/C22H18ClN3OS2/c1-28-17-10-8-15(9-11-17)13-20(27)26(14-16-5-2-3-12-24-16)22-25-21-18(23)6-4-7-19(21)29-22/h2-12H,13-14H2,1H3. The molecule has 29 heavy (non-hydrogen) atoms. The molecule has 2 aromatic carbocycles. The third kappa shape index (κ3) is 4.61. The molecule has 7 heteroatoms. The van der Waals surface area contributed by atoms with Crippen LogP contribution < -0.4 is 4.90 Å². The Morgan fingerprint density at radius 3 is 2.62 bits per heavy atom. The number of rotatable bonds is 6. The van der Waals surface area contributed by atoms with Crippen LogP contribution in [0.5, 0.6) is 0 Å². The van der Waals surface area contributed by atoms with Gasteiger partial charge >= 0.3 is 0 Å². The van der Waals surface area contributed by atoms with Crippen molar-refractivity contribution in [3.05, 3.63) is 83.1 Å². The number of para-hydroxylation sites is 1. The number of pyridine rings is 1. The van der Waals surface area contributed by atoms with E-state index in [1.165, 1.54) is 16.2 Å². The molecule has 4 aromatic rings. The van der Waals surface area contributed by atoms with Gasteiger partial charge in [-0.1, -0.05) is 47.2 Å². The molecule has 0 N–H and O–H groups in total. The SMILES string of the molecule is CSc1ccc(CC(=O)N(Cc2ccccn2)c2nc3c(Cl)cccc3s2)cc1. The third-order valence-corrected chi connectivity index (χ3v) is 6.54. The fourth-order valence-corrected chi connectivity index (χ4v) is 4.64. The first kappa shape index (κ1) is 19.9. The van der Waals surface area contributed by atoms with Gasteiger partial charge < -0.3 is 0 Å². The van der Waals surface area contributed by atoms with E-state index in [1.807, 2.05) is 66.9 Å². The van der Waals surface area contributed by atoms with Crippen molar-refractivity contribution in [1.82, 2.24) is 9.97 Å². The Morgan fingerprint density at radius 1 is 1.10 bits per heavy atom. The minimum absolute atomic E-state index is 0.0252. The average molecular weight is 440 g/mol. The largest absolute Gasteiger partial charge is 0.282 e. The molecule has 1 amide bonds. The van der Waals surface area contributed by atoms with E-state index in [9.17, 15) is 4.79 Å². The number of hydrogen-bond donors (Lipinski definition) is 0. The van der Waals surface area contributed by atoms with Gasteiger partial charge in [-0.25, -0.2) is 4.98 Å². The van der Waals surface area contributed by atoms with Gasteiger partial charge in [-0.3, -0.25) is 14.7 Å². The average Bonchev–Trinajstić information content (AvgIpc) is 3.18. The number of anilines is 1. The summed E-state index contributed by atoms with van der Waals surface area (Å²) in [6, 6.07) is 19.4. The highest BCUT2D eigenvalue weighted by atomic mass is 35.5. The number of fused-ring (bicyclic) bond motifs is 1. The summed E-state index contributed by atoms with van der Waals surface area (Å²) in [4.78, 5) is 25.2. The Balaban J connectivity index is 1.66. The van der Waals surface area contributed by atoms with Crippen LogP contribution in [0.25, 0.3) is 10.2 Å².